The van der Waals surface area contributed by atoms with Gasteiger partial charge in [-0.1, -0.05) is 25.5 Å². The molecule has 2 aliphatic rings. The Bertz CT molecular complexity index is 327. The minimum atomic E-state index is 0.117. The molecule has 0 aromatic carbocycles. The summed E-state index contributed by atoms with van der Waals surface area (Å²) in [6.07, 6.45) is 8.12. The quantitative estimate of drug-likeness (QED) is 0.600. The predicted molar refractivity (Wildman–Crippen MR) is 87.5 cm³/mol. The summed E-state index contributed by atoms with van der Waals surface area (Å²) in [4.78, 5) is 0. The van der Waals surface area contributed by atoms with Crippen molar-refractivity contribution in [2.24, 2.45) is 11.8 Å². The monoisotopic (exact) mass is 295 g/mol. The maximum Gasteiger partial charge on any atom is 0.0732 e. The molecule has 0 aromatic heterocycles. The molecule has 2 fully saturated rings. The maximum absolute atomic E-state index is 6.14. The van der Waals surface area contributed by atoms with Gasteiger partial charge in [-0.25, -0.2) is 0 Å². The Hall–Kier alpha value is -0.380. The van der Waals surface area contributed by atoms with Crippen LogP contribution in [-0.4, -0.2) is 38.5 Å². The minimum absolute atomic E-state index is 0.117. The summed E-state index contributed by atoms with van der Waals surface area (Å²) in [5.41, 5.74) is 1.68. The first-order valence-corrected chi connectivity index (χ1v) is 8.70. The normalized spacial score (nSPS) is 26.5. The Morgan fingerprint density at radius 3 is 2.76 bits per heavy atom. The molecule has 0 radical (unpaired) electrons. The van der Waals surface area contributed by atoms with Crippen molar-refractivity contribution in [2.45, 2.75) is 58.5 Å². The number of rotatable bonds is 6. The van der Waals surface area contributed by atoms with Crippen LogP contribution in [0, 0.1) is 11.8 Å². The molecule has 1 unspecified atom stereocenters. The Morgan fingerprint density at radius 2 is 2.05 bits per heavy atom. The molecular weight excluding hydrogens is 262 g/mol. The predicted octanol–water partition coefficient (Wildman–Crippen LogP) is 3.54. The molecule has 122 valence electrons. The van der Waals surface area contributed by atoms with E-state index in [1.807, 2.05) is 0 Å². The summed E-state index contributed by atoms with van der Waals surface area (Å²) in [6.45, 7) is 11.7. The van der Waals surface area contributed by atoms with Crippen LogP contribution in [0.15, 0.2) is 11.6 Å². The summed E-state index contributed by atoms with van der Waals surface area (Å²) in [6, 6.07) is 0. The van der Waals surface area contributed by atoms with Crippen LogP contribution < -0.4 is 5.32 Å². The fourth-order valence-corrected chi connectivity index (χ4v) is 3.47. The molecule has 0 aromatic rings. The van der Waals surface area contributed by atoms with Crippen LogP contribution in [0.2, 0.25) is 0 Å². The lowest BCUT2D eigenvalue weighted by molar-refractivity contribution is -0.143. The number of hydrogen-bond donors (Lipinski definition) is 1. The fraction of sp³-hybridized carbons (Fsp3) is 0.889. The molecule has 1 spiro atoms. The van der Waals surface area contributed by atoms with Crippen LogP contribution in [0.5, 0.6) is 0 Å². The van der Waals surface area contributed by atoms with Crippen LogP contribution in [0.3, 0.4) is 0 Å². The third-order valence-electron chi connectivity index (χ3n) is 4.88. The zero-order valence-electron chi connectivity index (χ0n) is 14.1. The van der Waals surface area contributed by atoms with Gasteiger partial charge < -0.3 is 14.8 Å². The minimum Gasteiger partial charge on any atom is -0.381 e. The van der Waals surface area contributed by atoms with Crippen molar-refractivity contribution < 1.29 is 9.47 Å². The van der Waals surface area contributed by atoms with Gasteiger partial charge in [0.25, 0.3) is 0 Å². The summed E-state index contributed by atoms with van der Waals surface area (Å²) in [7, 11) is 0. The molecule has 1 N–H and O–H groups in total. The first-order chi connectivity index (χ1) is 10.1. The molecule has 2 saturated heterocycles. The van der Waals surface area contributed by atoms with Gasteiger partial charge in [-0.05, 0) is 64.0 Å². The number of allylic oxidation sites excluding steroid dienone is 1. The zero-order valence-corrected chi connectivity index (χ0v) is 14.1. The summed E-state index contributed by atoms with van der Waals surface area (Å²) >= 11 is 0. The van der Waals surface area contributed by atoms with Gasteiger partial charge in [0.15, 0.2) is 0 Å². The number of ether oxygens (including phenoxy) is 2. The Morgan fingerprint density at radius 1 is 1.29 bits per heavy atom. The van der Waals surface area contributed by atoms with Crippen LogP contribution in [0.1, 0.15) is 52.9 Å². The van der Waals surface area contributed by atoms with E-state index in [1.165, 1.54) is 12.8 Å². The van der Waals surface area contributed by atoms with E-state index in [0.29, 0.717) is 5.92 Å². The lowest BCUT2D eigenvalue weighted by Gasteiger charge is -2.43. The van der Waals surface area contributed by atoms with Gasteiger partial charge in [0, 0.05) is 19.8 Å². The topological polar surface area (TPSA) is 30.5 Å². The summed E-state index contributed by atoms with van der Waals surface area (Å²) in [5, 5.41) is 3.51. The van der Waals surface area contributed by atoms with E-state index in [1.54, 1.807) is 5.57 Å². The van der Waals surface area contributed by atoms with Gasteiger partial charge in [-0.15, -0.1) is 0 Å². The summed E-state index contributed by atoms with van der Waals surface area (Å²) < 4.78 is 11.6. The molecule has 21 heavy (non-hydrogen) atoms. The van der Waals surface area contributed by atoms with E-state index in [-0.39, 0.29) is 5.60 Å². The highest BCUT2D eigenvalue weighted by molar-refractivity contribution is 5.07. The number of nitrogens with one attached hydrogen (secondary N) is 1. The maximum atomic E-state index is 6.14. The Labute approximate surface area is 130 Å². The lowest BCUT2D eigenvalue weighted by Crippen LogP contribution is -2.44. The average molecular weight is 295 g/mol. The third-order valence-corrected chi connectivity index (χ3v) is 4.88. The SMILES string of the molecule is C/C(=C/CCNCC(C)C)C1CCOC2(CCOCC2)C1. The van der Waals surface area contributed by atoms with Gasteiger partial charge in [-0.2, -0.15) is 0 Å². The van der Waals surface area contributed by atoms with Gasteiger partial charge in [0.1, 0.15) is 0 Å². The van der Waals surface area contributed by atoms with Gasteiger partial charge in [0.05, 0.1) is 5.60 Å². The van der Waals surface area contributed by atoms with E-state index in [9.17, 15) is 0 Å². The van der Waals surface area contributed by atoms with Crippen LogP contribution in [-0.2, 0) is 9.47 Å². The highest BCUT2D eigenvalue weighted by Crippen LogP contribution is 2.39. The first kappa shape index (κ1) is 17.0. The largest absolute Gasteiger partial charge is 0.381 e. The molecule has 2 heterocycles. The fourth-order valence-electron chi connectivity index (χ4n) is 3.47. The second-order valence-electron chi connectivity index (χ2n) is 7.17. The highest BCUT2D eigenvalue weighted by Gasteiger charge is 2.39. The van der Waals surface area contributed by atoms with E-state index in [0.717, 1.165) is 58.1 Å². The average Bonchev–Trinajstić information content (AvgIpc) is 2.47. The van der Waals surface area contributed by atoms with Crippen LogP contribution >= 0.6 is 0 Å². The van der Waals surface area contributed by atoms with Crippen molar-refractivity contribution in [3.63, 3.8) is 0 Å². The van der Waals surface area contributed by atoms with E-state index in [4.69, 9.17) is 9.47 Å². The molecule has 3 heteroatoms. The smallest absolute Gasteiger partial charge is 0.0732 e. The summed E-state index contributed by atoms with van der Waals surface area (Å²) in [5.74, 6) is 1.45. The molecular formula is C18H33NO2. The highest BCUT2D eigenvalue weighted by atomic mass is 16.5. The van der Waals surface area contributed by atoms with Crippen molar-refractivity contribution in [3.05, 3.63) is 11.6 Å². The third kappa shape index (κ3) is 5.39. The standard InChI is InChI=1S/C18H33NO2/c1-15(2)14-19-9-4-5-16(3)17-6-10-21-18(13-17)7-11-20-12-8-18/h5,15,17,19H,4,6-14H2,1-3H3/b16-5-. The van der Waals surface area contributed by atoms with Crippen LogP contribution in [0.25, 0.3) is 0 Å². The van der Waals surface area contributed by atoms with Crippen molar-refractivity contribution in [1.82, 2.24) is 5.32 Å². The van der Waals surface area contributed by atoms with Gasteiger partial charge >= 0.3 is 0 Å². The van der Waals surface area contributed by atoms with Crippen molar-refractivity contribution >= 4 is 0 Å². The molecule has 0 bridgehead atoms. The van der Waals surface area contributed by atoms with Crippen molar-refractivity contribution in [1.29, 1.82) is 0 Å². The van der Waals surface area contributed by atoms with Crippen molar-refractivity contribution in [2.75, 3.05) is 32.9 Å². The van der Waals surface area contributed by atoms with E-state index >= 15 is 0 Å². The Kier molecular flexibility index (Phi) is 6.72. The molecule has 0 amide bonds. The van der Waals surface area contributed by atoms with E-state index < -0.39 is 0 Å². The second-order valence-corrected chi connectivity index (χ2v) is 7.17. The van der Waals surface area contributed by atoms with Gasteiger partial charge in [-0.3, -0.25) is 0 Å². The Balaban J connectivity index is 1.77. The molecule has 0 aliphatic carbocycles. The molecule has 1 atom stereocenters. The molecule has 2 rings (SSSR count). The van der Waals surface area contributed by atoms with Crippen molar-refractivity contribution in [3.8, 4) is 0 Å². The molecule has 2 aliphatic heterocycles. The number of hydrogen-bond acceptors (Lipinski definition) is 3. The van der Waals surface area contributed by atoms with Crippen LogP contribution in [0.4, 0.5) is 0 Å². The molecule has 3 nitrogen and oxygen atoms in total. The second kappa shape index (κ2) is 8.30. The first-order valence-electron chi connectivity index (χ1n) is 8.70. The van der Waals surface area contributed by atoms with Gasteiger partial charge in [0.2, 0.25) is 0 Å². The van der Waals surface area contributed by atoms with E-state index in [2.05, 4.69) is 32.2 Å². The molecule has 0 saturated carbocycles. The zero-order chi connectivity index (χ0) is 15.1. The lowest BCUT2D eigenvalue weighted by atomic mass is 9.78.